The summed E-state index contributed by atoms with van der Waals surface area (Å²) in [7, 11) is 1.63. The molecule has 0 amide bonds. The lowest BCUT2D eigenvalue weighted by Gasteiger charge is -2.26. The van der Waals surface area contributed by atoms with E-state index in [1.54, 1.807) is 7.11 Å². The highest BCUT2D eigenvalue weighted by Crippen LogP contribution is 2.30. The van der Waals surface area contributed by atoms with Gasteiger partial charge in [-0.2, -0.15) is 0 Å². The number of likely N-dealkylation sites (tertiary alicyclic amines) is 1. The second-order valence-electron chi connectivity index (χ2n) is 5.29. The average molecular weight is 249 g/mol. The first-order valence-electron chi connectivity index (χ1n) is 6.59. The molecule has 0 radical (unpaired) electrons. The number of pyridine rings is 1. The van der Waals surface area contributed by atoms with Crippen LogP contribution in [0.25, 0.3) is 0 Å². The molecule has 2 heterocycles. The third kappa shape index (κ3) is 2.65. The van der Waals surface area contributed by atoms with Crippen molar-refractivity contribution in [1.82, 2.24) is 9.88 Å². The molecule has 3 unspecified atom stereocenters. The summed E-state index contributed by atoms with van der Waals surface area (Å²) >= 11 is 0. The monoisotopic (exact) mass is 249 g/mol. The zero-order valence-electron chi connectivity index (χ0n) is 11.5. The van der Waals surface area contributed by atoms with Crippen molar-refractivity contribution in [3.8, 4) is 5.88 Å². The van der Waals surface area contributed by atoms with Crippen molar-refractivity contribution in [3.63, 3.8) is 0 Å². The number of ether oxygens (including phenoxy) is 1. The fourth-order valence-corrected chi connectivity index (χ4v) is 2.63. The Morgan fingerprint density at radius 3 is 2.50 bits per heavy atom. The molecule has 2 rings (SSSR count). The Bertz CT molecular complexity index is 369. The van der Waals surface area contributed by atoms with Crippen LogP contribution in [0, 0.1) is 11.8 Å². The second-order valence-corrected chi connectivity index (χ2v) is 5.29. The first-order chi connectivity index (χ1) is 8.65. The van der Waals surface area contributed by atoms with Gasteiger partial charge in [-0.3, -0.25) is 4.90 Å². The van der Waals surface area contributed by atoms with E-state index >= 15 is 0 Å². The Morgan fingerprint density at radius 2 is 2.06 bits per heavy atom. The fourth-order valence-electron chi connectivity index (χ4n) is 2.63. The van der Waals surface area contributed by atoms with Crippen molar-refractivity contribution in [2.75, 3.05) is 26.7 Å². The van der Waals surface area contributed by atoms with Crippen LogP contribution in [0.2, 0.25) is 0 Å². The molecular formula is C14H23N3O. The Kier molecular flexibility index (Phi) is 4.19. The minimum absolute atomic E-state index is 0.274. The smallest absolute Gasteiger partial charge is 0.212 e. The number of rotatable bonds is 4. The van der Waals surface area contributed by atoms with Gasteiger partial charge in [0, 0.05) is 37.9 Å². The minimum atomic E-state index is 0.274. The zero-order chi connectivity index (χ0) is 13.1. The van der Waals surface area contributed by atoms with Gasteiger partial charge in [0.05, 0.1) is 7.11 Å². The van der Waals surface area contributed by atoms with Gasteiger partial charge in [-0.25, -0.2) is 4.98 Å². The topological polar surface area (TPSA) is 51.4 Å². The standard InChI is InChI=1S/C14H23N3O/c1-10-8-17(9-11(10)2)13(6-15)12-4-5-14(18-3)16-7-12/h4-5,7,10-11,13H,6,8-9,15H2,1-3H3. The number of hydrogen-bond donors (Lipinski definition) is 1. The summed E-state index contributed by atoms with van der Waals surface area (Å²) in [4.78, 5) is 6.74. The Balaban J connectivity index is 2.12. The highest BCUT2D eigenvalue weighted by Gasteiger charge is 2.31. The molecule has 1 aliphatic heterocycles. The molecule has 0 saturated carbocycles. The molecule has 1 fully saturated rings. The van der Waals surface area contributed by atoms with Crippen molar-refractivity contribution in [1.29, 1.82) is 0 Å². The van der Waals surface area contributed by atoms with Crippen LogP contribution >= 0.6 is 0 Å². The lowest BCUT2D eigenvalue weighted by Crippen LogP contribution is -2.32. The molecule has 3 atom stereocenters. The average Bonchev–Trinajstić information content (AvgIpc) is 2.71. The maximum Gasteiger partial charge on any atom is 0.212 e. The number of nitrogens with zero attached hydrogens (tertiary/aromatic N) is 2. The molecule has 4 nitrogen and oxygen atoms in total. The van der Waals surface area contributed by atoms with Crippen molar-refractivity contribution in [2.45, 2.75) is 19.9 Å². The van der Waals surface area contributed by atoms with Crippen molar-refractivity contribution in [2.24, 2.45) is 17.6 Å². The van der Waals surface area contributed by atoms with Crippen molar-refractivity contribution >= 4 is 0 Å². The molecule has 0 aliphatic carbocycles. The molecule has 18 heavy (non-hydrogen) atoms. The van der Waals surface area contributed by atoms with Crippen molar-refractivity contribution < 1.29 is 4.74 Å². The molecule has 4 heteroatoms. The van der Waals surface area contributed by atoms with Crippen LogP contribution in [-0.2, 0) is 0 Å². The van der Waals surface area contributed by atoms with Gasteiger partial charge in [0.25, 0.3) is 0 Å². The molecule has 0 bridgehead atoms. The summed E-state index contributed by atoms with van der Waals surface area (Å²) in [5.41, 5.74) is 7.13. The third-order valence-corrected chi connectivity index (χ3v) is 4.03. The zero-order valence-corrected chi connectivity index (χ0v) is 11.5. The third-order valence-electron chi connectivity index (χ3n) is 4.03. The molecule has 0 aromatic carbocycles. The fraction of sp³-hybridized carbons (Fsp3) is 0.643. The van der Waals surface area contributed by atoms with Crippen LogP contribution < -0.4 is 10.5 Å². The van der Waals surface area contributed by atoms with Crippen LogP contribution in [0.15, 0.2) is 18.3 Å². The lowest BCUT2D eigenvalue weighted by molar-refractivity contribution is 0.239. The first-order valence-corrected chi connectivity index (χ1v) is 6.59. The van der Waals surface area contributed by atoms with Crippen molar-refractivity contribution in [3.05, 3.63) is 23.9 Å². The largest absolute Gasteiger partial charge is 0.481 e. The number of methoxy groups -OCH3 is 1. The van der Waals surface area contributed by atoms with E-state index < -0.39 is 0 Å². The SMILES string of the molecule is COc1ccc(C(CN)N2CC(C)C(C)C2)cn1. The highest BCUT2D eigenvalue weighted by atomic mass is 16.5. The first kappa shape index (κ1) is 13.3. The Labute approximate surface area is 109 Å². The highest BCUT2D eigenvalue weighted by molar-refractivity contribution is 5.21. The minimum Gasteiger partial charge on any atom is -0.481 e. The lowest BCUT2D eigenvalue weighted by atomic mass is 10.0. The van der Waals surface area contributed by atoms with E-state index in [1.165, 1.54) is 5.56 Å². The summed E-state index contributed by atoms with van der Waals surface area (Å²) in [6.07, 6.45) is 1.88. The van der Waals surface area contributed by atoms with Crippen LogP contribution in [0.3, 0.4) is 0 Å². The van der Waals surface area contributed by atoms with Gasteiger partial charge in [-0.05, 0) is 17.4 Å². The predicted molar refractivity (Wildman–Crippen MR) is 72.5 cm³/mol. The summed E-state index contributed by atoms with van der Waals surface area (Å²) < 4.78 is 5.09. The molecular weight excluding hydrogens is 226 g/mol. The van der Waals surface area contributed by atoms with E-state index in [4.69, 9.17) is 10.5 Å². The Morgan fingerprint density at radius 1 is 1.39 bits per heavy atom. The normalized spacial score (nSPS) is 26.2. The van der Waals surface area contributed by atoms with Crippen LogP contribution in [0.1, 0.15) is 25.5 Å². The molecule has 1 saturated heterocycles. The van der Waals surface area contributed by atoms with E-state index in [0.29, 0.717) is 12.4 Å². The predicted octanol–water partition coefficient (Wildman–Crippen LogP) is 1.68. The van der Waals surface area contributed by atoms with Gasteiger partial charge < -0.3 is 10.5 Å². The van der Waals surface area contributed by atoms with E-state index in [1.807, 2.05) is 12.3 Å². The molecule has 1 aliphatic rings. The van der Waals surface area contributed by atoms with E-state index in [2.05, 4.69) is 29.8 Å². The number of nitrogens with two attached hydrogens (primary N) is 1. The molecule has 0 spiro atoms. The maximum absolute atomic E-state index is 5.95. The van der Waals surface area contributed by atoms with E-state index in [0.717, 1.165) is 24.9 Å². The summed E-state index contributed by atoms with van der Waals surface area (Å²) in [5, 5.41) is 0. The second kappa shape index (κ2) is 5.67. The number of hydrogen-bond acceptors (Lipinski definition) is 4. The van der Waals surface area contributed by atoms with E-state index in [-0.39, 0.29) is 6.04 Å². The molecule has 2 N–H and O–H groups in total. The molecule has 100 valence electrons. The summed E-state index contributed by atoms with van der Waals surface area (Å²) in [6, 6.07) is 4.24. The maximum atomic E-state index is 5.95. The number of aromatic nitrogens is 1. The summed E-state index contributed by atoms with van der Waals surface area (Å²) in [6.45, 7) is 7.49. The van der Waals surface area contributed by atoms with Gasteiger partial charge in [-0.1, -0.05) is 19.9 Å². The van der Waals surface area contributed by atoms with E-state index in [9.17, 15) is 0 Å². The Hall–Kier alpha value is -1.13. The summed E-state index contributed by atoms with van der Waals surface area (Å²) in [5.74, 6) is 2.13. The van der Waals surface area contributed by atoms with Gasteiger partial charge in [0.1, 0.15) is 0 Å². The van der Waals surface area contributed by atoms with Crippen LogP contribution in [0.4, 0.5) is 0 Å². The van der Waals surface area contributed by atoms with Crippen LogP contribution in [-0.4, -0.2) is 36.6 Å². The van der Waals surface area contributed by atoms with Gasteiger partial charge >= 0.3 is 0 Å². The van der Waals surface area contributed by atoms with Gasteiger partial charge in [-0.15, -0.1) is 0 Å². The molecule has 1 aromatic heterocycles. The molecule has 1 aromatic rings. The quantitative estimate of drug-likeness (QED) is 0.882. The van der Waals surface area contributed by atoms with Gasteiger partial charge in [0.15, 0.2) is 0 Å². The van der Waals surface area contributed by atoms with Gasteiger partial charge in [0.2, 0.25) is 5.88 Å². The van der Waals surface area contributed by atoms with Crippen LogP contribution in [0.5, 0.6) is 5.88 Å².